The van der Waals surface area contributed by atoms with Gasteiger partial charge in [-0.2, -0.15) is 0 Å². The Hall–Kier alpha value is -2.61. The first-order chi connectivity index (χ1) is 15.5. The van der Waals surface area contributed by atoms with Crippen molar-refractivity contribution >= 4 is 29.1 Å². The molecule has 0 saturated carbocycles. The minimum Gasteiger partial charge on any atom is -0.358 e. The number of piperazine rings is 1. The third-order valence-corrected chi connectivity index (χ3v) is 7.42. The Morgan fingerprint density at radius 1 is 0.875 bits per heavy atom. The predicted molar refractivity (Wildman–Crippen MR) is 123 cm³/mol. The van der Waals surface area contributed by atoms with Gasteiger partial charge >= 0.3 is 0 Å². The van der Waals surface area contributed by atoms with Crippen LogP contribution in [-0.4, -0.2) is 97.9 Å². The van der Waals surface area contributed by atoms with E-state index < -0.39 is 0 Å². The van der Waals surface area contributed by atoms with Gasteiger partial charge in [0.2, 0.25) is 11.8 Å². The van der Waals surface area contributed by atoms with E-state index >= 15 is 0 Å². The van der Waals surface area contributed by atoms with Crippen LogP contribution in [0.15, 0.2) is 18.2 Å². The molecule has 0 N–H and O–H groups in total. The first-order valence-corrected chi connectivity index (χ1v) is 12.0. The zero-order chi connectivity index (χ0) is 22.2. The summed E-state index contributed by atoms with van der Waals surface area (Å²) in [5.41, 5.74) is 2.28. The Morgan fingerprint density at radius 3 is 2.34 bits per heavy atom. The van der Waals surface area contributed by atoms with Gasteiger partial charge in [0.25, 0.3) is 5.91 Å². The number of piperidine rings is 1. The Kier molecular flexibility index (Phi) is 5.80. The van der Waals surface area contributed by atoms with Gasteiger partial charge in [0.15, 0.2) is 0 Å². The van der Waals surface area contributed by atoms with Gasteiger partial charge in [0, 0.05) is 51.4 Å². The fourth-order valence-electron chi connectivity index (χ4n) is 5.45. The highest BCUT2D eigenvalue weighted by molar-refractivity contribution is 6.09. The molecular weight excluding hydrogens is 406 g/mol. The number of anilines is 2. The van der Waals surface area contributed by atoms with Gasteiger partial charge in [-0.05, 0) is 57.4 Å². The van der Waals surface area contributed by atoms with Crippen molar-refractivity contribution in [3.05, 3.63) is 23.8 Å². The van der Waals surface area contributed by atoms with Crippen LogP contribution in [0.3, 0.4) is 0 Å². The first kappa shape index (κ1) is 21.2. The minimum absolute atomic E-state index is 0.00884. The molecule has 0 bridgehead atoms. The van der Waals surface area contributed by atoms with Crippen molar-refractivity contribution in [3.8, 4) is 0 Å². The van der Waals surface area contributed by atoms with Gasteiger partial charge in [0.05, 0.1) is 11.4 Å². The molecule has 1 aromatic rings. The molecule has 8 nitrogen and oxygen atoms in total. The molecule has 1 unspecified atom stereocenters. The average Bonchev–Trinajstić information content (AvgIpc) is 3.36. The number of likely N-dealkylation sites (N-methyl/N-ethyl adjacent to an activating group) is 1. The molecule has 0 spiro atoms. The second kappa shape index (κ2) is 8.73. The van der Waals surface area contributed by atoms with Crippen molar-refractivity contribution in [1.29, 1.82) is 0 Å². The smallest absolute Gasteiger partial charge is 0.253 e. The van der Waals surface area contributed by atoms with Crippen LogP contribution >= 0.6 is 0 Å². The summed E-state index contributed by atoms with van der Waals surface area (Å²) < 4.78 is 0. The Bertz CT molecular complexity index is 905. The molecule has 3 amide bonds. The van der Waals surface area contributed by atoms with E-state index in [0.29, 0.717) is 24.3 Å². The van der Waals surface area contributed by atoms with Crippen LogP contribution in [0.1, 0.15) is 42.5 Å². The Labute approximate surface area is 189 Å². The van der Waals surface area contributed by atoms with E-state index in [9.17, 15) is 14.4 Å². The van der Waals surface area contributed by atoms with Crippen LogP contribution in [0.2, 0.25) is 0 Å². The van der Waals surface area contributed by atoms with Crippen molar-refractivity contribution in [3.63, 3.8) is 0 Å². The number of likely N-dealkylation sites (tertiary alicyclic amines) is 1. The van der Waals surface area contributed by atoms with E-state index in [1.807, 2.05) is 28.0 Å². The van der Waals surface area contributed by atoms with E-state index in [1.165, 1.54) is 0 Å². The zero-order valence-electron chi connectivity index (χ0n) is 19.0. The van der Waals surface area contributed by atoms with Crippen molar-refractivity contribution in [2.45, 2.75) is 38.1 Å². The number of hydrogen-bond donors (Lipinski definition) is 0. The highest BCUT2D eigenvalue weighted by Crippen LogP contribution is 2.40. The lowest BCUT2D eigenvalue weighted by atomic mass is 9.95. The molecule has 1 atom stereocenters. The highest BCUT2D eigenvalue weighted by atomic mass is 16.2. The van der Waals surface area contributed by atoms with Crippen LogP contribution in [0.25, 0.3) is 0 Å². The molecule has 3 fully saturated rings. The largest absolute Gasteiger partial charge is 0.358 e. The average molecular weight is 440 g/mol. The molecule has 4 aliphatic heterocycles. The molecule has 0 aliphatic carbocycles. The summed E-state index contributed by atoms with van der Waals surface area (Å²) in [7, 11) is 2.06. The standard InChI is InChI=1S/C24H33N5O3/c1-25-12-14-26(15-13-25)22(30)17-29-21-16-18(23(31)27-9-4-5-10-27)7-8-19(21)28-11-3-2-6-20(28)24(29)32/h7-8,16,20H,2-6,9-15,17H2,1H3. The number of carbonyl (C=O) groups excluding carboxylic acids is 3. The van der Waals surface area contributed by atoms with Crippen LogP contribution < -0.4 is 9.80 Å². The van der Waals surface area contributed by atoms with E-state index in [1.54, 1.807) is 4.90 Å². The lowest BCUT2D eigenvalue weighted by Crippen LogP contribution is -2.58. The van der Waals surface area contributed by atoms with E-state index in [2.05, 4.69) is 16.8 Å². The van der Waals surface area contributed by atoms with Crippen LogP contribution in [0.4, 0.5) is 11.4 Å². The summed E-state index contributed by atoms with van der Waals surface area (Å²) >= 11 is 0. The van der Waals surface area contributed by atoms with Gasteiger partial charge in [-0.1, -0.05) is 0 Å². The van der Waals surface area contributed by atoms with Crippen LogP contribution in [-0.2, 0) is 9.59 Å². The molecule has 0 radical (unpaired) electrons. The van der Waals surface area contributed by atoms with Crippen molar-refractivity contribution in [2.75, 3.05) is 69.2 Å². The number of carbonyl (C=O) groups is 3. The number of hydrogen-bond acceptors (Lipinski definition) is 5. The number of amides is 3. The molecule has 8 heteroatoms. The quantitative estimate of drug-likeness (QED) is 0.712. The maximum atomic E-state index is 13.5. The molecule has 0 aromatic heterocycles. The maximum Gasteiger partial charge on any atom is 0.253 e. The lowest BCUT2D eigenvalue weighted by Gasteiger charge is -2.45. The number of nitrogens with zero attached hydrogens (tertiary/aromatic N) is 5. The van der Waals surface area contributed by atoms with Gasteiger partial charge in [-0.3, -0.25) is 19.3 Å². The number of benzene rings is 1. The SMILES string of the molecule is CN1CCN(C(=O)CN2C(=O)C3CCCCN3c3ccc(C(=O)N4CCCC4)cc32)CC1. The van der Waals surface area contributed by atoms with Crippen LogP contribution in [0, 0.1) is 0 Å². The lowest BCUT2D eigenvalue weighted by molar-refractivity contribution is -0.133. The fraction of sp³-hybridized carbons (Fsp3) is 0.625. The van der Waals surface area contributed by atoms with Crippen LogP contribution in [0.5, 0.6) is 0 Å². The summed E-state index contributed by atoms with van der Waals surface area (Å²) in [6.45, 7) is 5.52. The third kappa shape index (κ3) is 3.85. The predicted octanol–water partition coefficient (Wildman–Crippen LogP) is 1.40. The van der Waals surface area contributed by atoms with Gasteiger partial charge < -0.3 is 19.6 Å². The van der Waals surface area contributed by atoms with Crippen molar-refractivity contribution in [1.82, 2.24) is 14.7 Å². The zero-order valence-corrected chi connectivity index (χ0v) is 19.0. The second-order valence-corrected chi connectivity index (χ2v) is 9.52. The molecule has 4 aliphatic rings. The molecule has 4 heterocycles. The molecule has 1 aromatic carbocycles. The van der Waals surface area contributed by atoms with Crippen molar-refractivity contribution in [2.24, 2.45) is 0 Å². The third-order valence-electron chi connectivity index (χ3n) is 7.42. The molecule has 5 rings (SSSR count). The van der Waals surface area contributed by atoms with Gasteiger partial charge in [-0.15, -0.1) is 0 Å². The highest BCUT2D eigenvalue weighted by Gasteiger charge is 2.41. The minimum atomic E-state index is -0.211. The van der Waals surface area contributed by atoms with Gasteiger partial charge in [0.1, 0.15) is 12.6 Å². The first-order valence-electron chi connectivity index (χ1n) is 12.0. The summed E-state index contributed by atoms with van der Waals surface area (Å²) in [6, 6.07) is 5.50. The Morgan fingerprint density at radius 2 is 1.59 bits per heavy atom. The maximum absolute atomic E-state index is 13.5. The Balaban J connectivity index is 1.45. The summed E-state index contributed by atoms with van der Waals surface area (Å²) in [4.78, 5) is 49.5. The molecule has 3 saturated heterocycles. The van der Waals surface area contributed by atoms with Crippen molar-refractivity contribution < 1.29 is 14.4 Å². The van der Waals surface area contributed by atoms with E-state index in [0.717, 1.165) is 70.5 Å². The summed E-state index contributed by atoms with van der Waals surface area (Å²) in [6.07, 6.45) is 4.96. The molecular formula is C24H33N5O3. The monoisotopic (exact) mass is 439 g/mol. The van der Waals surface area contributed by atoms with E-state index in [-0.39, 0.29) is 30.3 Å². The second-order valence-electron chi connectivity index (χ2n) is 9.52. The topological polar surface area (TPSA) is 67.4 Å². The number of rotatable bonds is 3. The summed E-state index contributed by atoms with van der Waals surface area (Å²) in [5, 5.41) is 0. The fourth-order valence-corrected chi connectivity index (χ4v) is 5.45. The number of fused-ring (bicyclic) bond motifs is 3. The summed E-state index contributed by atoms with van der Waals surface area (Å²) in [5.74, 6) is -0.00718. The normalized spacial score (nSPS) is 23.9. The van der Waals surface area contributed by atoms with Gasteiger partial charge in [-0.25, -0.2) is 0 Å². The molecule has 172 valence electrons. The molecule has 32 heavy (non-hydrogen) atoms. The van der Waals surface area contributed by atoms with E-state index in [4.69, 9.17) is 0 Å².